The van der Waals surface area contributed by atoms with E-state index >= 15 is 0 Å². The number of hydrogen-bond donors (Lipinski definition) is 2. The molecule has 0 unspecified atom stereocenters. The molecule has 1 heterocycles. The number of rotatable bonds is 4. The number of carbonyl (C=O) groups excluding carboxylic acids is 2. The molecule has 0 aliphatic carbocycles. The number of amides is 2. The van der Waals surface area contributed by atoms with Crippen molar-refractivity contribution < 1.29 is 22.8 Å². The highest BCUT2D eigenvalue weighted by molar-refractivity contribution is 5.90. The van der Waals surface area contributed by atoms with E-state index in [0.29, 0.717) is 12.0 Å². The van der Waals surface area contributed by atoms with Crippen LogP contribution >= 0.6 is 0 Å². The normalized spacial score (nSPS) is 19.6. The lowest BCUT2D eigenvalue weighted by atomic mass is 9.94. The van der Waals surface area contributed by atoms with Gasteiger partial charge in [-0.1, -0.05) is 26.0 Å². The maximum absolute atomic E-state index is 12.8. The topological polar surface area (TPSA) is 58.2 Å². The Kier molecular flexibility index (Phi) is 4.97. The zero-order valence-corrected chi connectivity index (χ0v) is 12.9. The summed E-state index contributed by atoms with van der Waals surface area (Å²) in [7, 11) is 0. The number of alkyl halides is 3. The molecule has 2 N–H and O–H groups in total. The molecule has 0 spiro atoms. The van der Waals surface area contributed by atoms with E-state index in [1.54, 1.807) is 6.07 Å². The van der Waals surface area contributed by atoms with E-state index in [9.17, 15) is 22.8 Å². The molecular formula is C16H19F3N2O2. The minimum Gasteiger partial charge on any atom is -0.347 e. The van der Waals surface area contributed by atoms with Crippen molar-refractivity contribution >= 4 is 11.8 Å². The van der Waals surface area contributed by atoms with Gasteiger partial charge in [0.25, 0.3) is 0 Å². The van der Waals surface area contributed by atoms with Crippen LogP contribution in [0.15, 0.2) is 24.3 Å². The van der Waals surface area contributed by atoms with Gasteiger partial charge < -0.3 is 10.6 Å². The van der Waals surface area contributed by atoms with Crippen molar-refractivity contribution in [2.45, 2.75) is 44.9 Å². The number of benzene rings is 1. The molecule has 4 nitrogen and oxygen atoms in total. The van der Waals surface area contributed by atoms with Crippen molar-refractivity contribution in [1.82, 2.24) is 10.6 Å². The number of nitrogens with one attached hydrogen (secondary N) is 2. The summed E-state index contributed by atoms with van der Waals surface area (Å²) in [6.45, 7) is 3.64. The fourth-order valence-corrected chi connectivity index (χ4v) is 2.61. The molecule has 1 aliphatic heterocycles. The van der Waals surface area contributed by atoms with Crippen LogP contribution in [0, 0.1) is 5.92 Å². The van der Waals surface area contributed by atoms with Gasteiger partial charge in [-0.05, 0) is 30.0 Å². The Morgan fingerprint density at radius 2 is 2.04 bits per heavy atom. The van der Waals surface area contributed by atoms with E-state index in [2.05, 4.69) is 10.6 Å². The monoisotopic (exact) mass is 328 g/mol. The lowest BCUT2D eigenvalue weighted by molar-refractivity contribution is -0.137. The zero-order valence-electron chi connectivity index (χ0n) is 12.9. The average Bonchev–Trinajstić information content (AvgIpc) is 2.90. The SMILES string of the molecule is CC(C)[C@H](NC(=O)[C@@H]1CCC(=O)N1)c1cccc(C(F)(F)F)c1. The van der Waals surface area contributed by atoms with Crippen LogP contribution in [-0.4, -0.2) is 17.9 Å². The summed E-state index contributed by atoms with van der Waals surface area (Å²) in [5.41, 5.74) is -0.350. The van der Waals surface area contributed by atoms with Gasteiger partial charge in [0.1, 0.15) is 6.04 Å². The summed E-state index contributed by atoms with van der Waals surface area (Å²) in [5, 5.41) is 5.31. The average molecular weight is 328 g/mol. The maximum atomic E-state index is 12.8. The third-order valence-electron chi connectivity index (χ3n) is 3.85. The van der Waals surface area contributed by atoms with Gasteiger partial charge in [-0.2, -0.15) is 13.2 Å². The lowest BCUT2D eigenvalue weighted by Gasteiger charge is -2.25. The van der Waals surface area contributed by atoms with Gasteiger partial charge >= 0.3 is 6.18 Å². The van der Waals surface area contributed by atoms with Crippen molar-refractivity contribution in [3.63, 3.8) is 0 Å². The van der Waals surface area contributed by atoms with E-state index in [1.807, 2.05) is 13.8 Å². The molecule has 1 saturated heterocycles. The Labute approximate surface area is 132 Å². The summed E-state index contributed by atoms with van der Waals surface area (Å²) < 4.78 is 38.5. The van der Waals surface area contributed by atoms with Crippen LogP contribution in [0.3, 0.4) is 0 Å². The standard InChI is InChI=1S/C16H19F3N2O2/c1-9(2)14(21-15(23)12-6-7-13(22)20-12)10-4-3-5-11(8-10)16(17,18)19/h3-5,8-9,12,14H,6-7H2,1-2H3,(H,20,22)(H,21,23)/t12-,14-/m0/s1. The van der Waals surface area contributed by atoms with E-state index < -0.39 is 23.8 Å². The highest BCUT2D eigenvalue weighted by Gasteiger charge is 2.33. The molecule has 0 radical (unpaired) electrons. The van der Waals surface area contributed by atoms with Gasteiger partial charge in [-0.3, -0.25) is 9.59 Å². The molecule has 2 atom stereocenters. The molecule has 1 aromatic rings. The minimum absolute atomic E-state index is 0.0976. The highest BCUT2D eigenvalue weighted by atomic mass is 19.4. The molecule has 2 rings (SSSR count). The fraction of sp³-hybridized carbons (Fsp3) is 0.500. The second-order valence-electron chi connectivity index (χ2n) is 6.01. The van der Waals surface area contributed by atoms with Crippen molar-refractivity contribution in [3.8, 4) is 0 Å². The first-order valence-corrected chi connectivity index (χ1v) is 7.45. The molecule has 1 aliphatic rings. The van der Waals surface area contributed by atoms with Crippen molar-refractivity contribution in [2.24, 2.45) is 5.92 Å². The Morgan fingerprint density at radius 3 is 2.57 bits per heavy atom. The molecule has 126 valence electrons. The summed E-state index contributed by atoms with van der Waals surface area (Å²) in [6, 6.07) is 3.78. The van der Waals surface area contributed by atoms with E-state index in [-0.39, 0.29) is 24.2 Å². The third-order valence-corrected chi connectivity index (χ3v) is 3.85. The summed E-state index contributed by atoms with van der Waals surface area (Å²) in [4.78, 5) is 23.4. The van der Waals surface area contributed by atoms with E-state index in [4.69, 9.17) is 0 Å². The molecule has 0 saturated carbocycles. The van der Waals surface area contributed by atoms with Gasteiger partial charge in [0.2, 0.25) is 11.8 Å². The van der Waals surface area contributed by atoms with Crippen molar-refractivity contribution in [2.75, 3.05) is 0 Å². The minimum atomic E-state index is -4.43. The molecule has 1 fully saturated rings. The van der Waals surface area contributed by atoms with Crippen LogP contribution < -0.4 is 10.6 Å². The van der Waals surface area contributed by atoms with Crippen LogP contribution in [0.2, 0.25) is 0 Å². The van der Waals surface area contributed by atoms with Gasteiger partial charge in [-0.25, -0.2) is 0 Å². The molecule has 0 bridgehead atoms. The van der Waals surface area contributed by atoms with Crippen molar-refractivity contribution in [1.29, 1.82) is 0 Å². The second kappa shape index (κ2) is 6.60. The first-order chi connectivity index (χ1) is 10.7. The Bertz CT molecular complexity index is 599. The van der Waals surface area contributed by atoms with Crippen LogP contribution in [0.1, 0.15) is 43.9 Å². The number of carbonyl (C=O) groups is 2. The van der Waals surface area contributed by atoms with Crippen LogP contribution in [-0.2, 0) is 15.8 Å². The van der Waals surface area contributed by atoms with Crippen LogP contribution in [0.4, 0.5) is 13.2 Å². The predicted octanol–water partition coefficient (Wildman–Crippen LogP) is 2.80. The molecule has 0 aromatic heterocycles. The summed E-state index contributed by atoms with van der Waals surface area (Å²) in [5.74, 6) is -0.656. The lowest BCUT2D eigenvalue weighted by Crippen LogP contribution is -2.44. The largest absolute Gasteiger partial charge is 0.416 e. The van der Waals surface area contributed by atoms with Crippen LogP contribution in [0.5, 0.6) is 0 Å². The smallest absolute Gasteiger partial charge is 0.347 e. The Balaban J connectivity index is 2.18. The first kappa shape index (κ1) is 17.3. The molecule has 23 heavy (non-hydrogen) atoms. The molecular weight excluding hydrogens is 309 g/mol. The summed E-state index contributed by atoms with van der Waals surface area (Å²) in [6.07, 6.45) is -3.74. The first-order valence-electron chi connectivity index (χ1n) is 7.45. The molecule has 1 aromatic carbocycles. The van der Waals surface area contributed by atoms with Crippen molar-refractivity contribution in [3.05, 3.63) is 35.4 Å². The number of hydrogen-bond acceptors (Lipinski definition) is 2. The molecule has 2 amide bonds. The summed E-state index contributed by atoms with van der Waals surface area (Å²) >= 11 is 0. The quantitative estimate of drug-likeness (QED) is 0.893. The van der Waals surface area contributed by atoms with E-state index in [1.165, 1.54) is 6.07 Å². The van der Waals surface area contributed by atoms with Crippen LogP contribution in [0.25, 0.3) is 0 Å². The second-order valence-corrected chi connectivity index (χ2v) is 6.01. The Morgan fingerprint density at radius 1 is 1.35 bits per heavy atom. The van der Waals surface area contributed by atoms with Gasteiger partial charge in [0, 0.05) is 6.42 Å². The molecule has 7 heteroatoms. The third kappa shape index (κ3) is 4.24. The number of halogens is 3. The van der Waals surface area contributed by atoms with Gasteiger partial charge in [-0.15, -0.1) is 0 Å². The highest BCUT2D eigenvalue weighted by Crippen LogP contribution is 2.32. The van der Waals surface area contributed by atoms with Gasteiger partial charge in [0.05, 0.1) is 11.6 Å². The Hall–Kier alpha value is -2.05. The fourth-order valence-electron chi connectivity index (χ4n) is 2.61. The maximum Gasteiger partial charge on any atom is 0.416 e. The predicted molar refractivity (Wildman–Crippen MR) is 78.3 cm³/mol. The van der Waals surface area contributed by atoms with E-state index in [0.717, 1.165) is 12.1 Å². The zero-order chi connectivity index (χ0) is 17.2. The van der Waals surface area contributed by atoms with Gasteiger partial charge in [0.15, 0.2) is 0 Å².